The number of sulfonamides is 2. The molecule has 0 saturated carbocycles. The summed E-state index contributed by atoms with van der Waals surface area (Å²) in [5, 5.41) is 0.470. The summed E-state index contributed by atoms with van der Waals surface area (Å²) in [6.45, 7) is 3.45. The summed E-state index contributed by atoms with van der Waals surface area (Å²) in [5.74, 6) is -0.476. The maximum atomic E-state index is 12.6. The highest BCUT2D eigenvalue weighted by molar-refractivity contribution is 7.92. The number of aromatic nitrogens is 2. The Kier molecular flexibility index (Phi) is 6.75. The number of nitrogens with zero attached hydrogens (tertiary/aromatic N) is 2. The fourth-order valence-electron chi connectivity index (χ4n) is 2.73. The van der Waals surface area contributed by atoms with Crippen molar-refractivity contribution in [2.75, 3.05) is 9.44 Å². The number of anilines is 2. The van der Waals surface area contributed by atoms with E-state index in [1.807, 2.05) is 0 Å². The van der Waals surface area contributed by atoms with Crippen LogP contribution < -0.4 is 9.44 Å². The highest BCUT2D eigenvalue weighted by Crippen LogP contribution is 2.27. The molecule has 1 aromatic heterocycles. The van der Waals surface area contributed by atoms with Gasteiger partial charge in [0.2, 0.25) is 16.0 Å². The number of aryl methyl sites for hydroxylation is 2. The van der Waals surface area contributed by atoms with Crippen LogP contribution in [0.25, 0.3) is 0 Å². The van der Waals surface area contributed by atoms with Crippen molar-refractivity contribution in [2.24, 2.45) is 0 Å². The number of hydrogen-bond donors (Lipinski definition) is 2. The molecule has 0 bridgehead atoms. The fourth-order valence-corrected chi connectivity index (χ4v) is 5.62. The average Bonchev–Trinajstić information content (AvgIpc) is 2.64. The summed E-state index contributed by atoms with van der Waals surface area (Å²) in [4.78, 5) is 8.02. The molecular formula is C19H18Cl2N4O4S2. The van der Waals surface area contributed by atoms with Crippen LogP contribution in [0.5, 0.6) is 0 Å². The van der Waals surface area contributed by atoms with E-state index >= 15 is 0 Å². The molecule has 0 spiro atoms. The van der Waals surface area contributed by atoms with Gasteiger partial charge in [-0.25, -0.2) is 31.5 Å². The third-order valence-electron chi connectivity index (χ3n) is 4.04. The molecule has 164 valence electrons. The van der Waals surface area contributed by atoms with E-state index in [1.54, 1.807) is 38.1 Å². The molecule has 0 fully saturated rings. The topological polar surface area (TPSA) is 118 Å². The van der Waals surface area contributed by atoms with E-state index in [-0.39, 0.29) is 32.1 Å². The van der Waals surface area contributed by atoms with Crippen molar-refractivity contribution in [3.05, 3.63) is 75.5 Å². The van der Waals surface area contributed by atoms with Gasteiger partial charge in [0.1, 0.15) is 0 Å². The van der Waals surface area contributed by atoms with Crippen molar-refractivity contribution in [2.45, 2.75) is 24.5 Å². The fraction of sp³-hybridized carbons (Fsp3) is 0.158. The molecule has 0 radical (unpaired) electrons. The smallest absolute Gasteiger partial charge is 0.264 e. The molecule has 0 aliphatic carbocycles. The number of benzene rings is 2. The van der Waals surface area contributed by atoms with Gasteiger partial charge in [0.05, 0.1) is 10.6 Å². The van der Waals surface area contributed by atoms with E-state index < -0.39 is 25.8 Å². The Labute approximate surface area is 190 Å². The molecule has 0 atom stereocenters. The van der Waals surface area contributed by atoms with Crippen LogP contribution in [0.2, 0.25) is 10.0 Å². The molecule has 0 saturated heterocycles. The van der Waals surface area contributed by atoms with E-state index in [9.17, 15) is 16.8 Å². The second-order valence-electron chi connectivity index (χ2n) is 6.67. The minimum Gasteiger partial charge on any atom is -0.283 e. The van der Waals surface area contributed by atoms with E-state index in [4.69, 9.17) is 23.2 Å². The molecule has 2 aromatic carbocycles. The minimum atomic E-state index is -3.95. The SMILES string of the molecule is Cc1cc(C)nc(NS(=O)(=O)c2ccc(NS(=O)(=O)Cc3c(Cl)cccc3Cl)cc2)n1. The lowest BCUT2D eigenvalue weighted by Gasteiger charge is -2.11. The lowest BCUT2D eigenvalue weighted by atomic mass is 10.2. The van der Waals surface area contributed by atoms with Gasteiger partial charge >= 0.3 is 0 Å². The van der Waals surface area contributed by atoms with Crippen LogP contribution in [0.15, 0.2) is 53.4 Å². The van der Waals surface area contributed by atoms with Gasteiger partial charge in [0.15, 0.2) is 0 Å². The summed E-state index contributed by atoms with van der Waals surface area (Å²) in [7, 11) is -7.80. The molecular weight excluding hydrogens is 483 g/mol. The number of rotatable bonds is 7. The zero-order chi connectivity index (χ0) is 22.8. The lowest BCUT2D eigenvalue weighted by Crippen LogP contribution is -2.17. The third-order valence-corrected chi connectivity index (χ3v) is 7.31. The number of hydrogen-bond acceptors (Lipinski definition) is 6. The Balaban J connectivity index is 1.76. The summed E-state index contributed by atoms with van der Waals surface area (Å²) in [6.07, 6.45) is 0. The summed E-state index contributed by atoms with van der Waals surface area (Å²) < 4.78 is 54.8. The van der Waals surface area contributed by atoms with Gasteiger partial charge in [0.25, 0.3) is 10.0 Å². The van der Waals surface area contributed by atoms with Crippen molar-refractivity contribution in [3.8, 4) is 0 Å². The second-order valence-corrected chi connectivity index (χ2v) is 10.9. The number of nitrogens with one attached hydrogen (secondary N) is 2. The summed E-state index contributed by atoms with van der Waals surface area (Å²) >= 11 is 12.1. The first-order valence-electron chi connectivity index (χ1n) is 8.84. The molecule has 0 aliphatic heterocycles. The first-order valence-corrected chi connectivity index (χ1v) is 12.7. The van der Waals surface area contributed by atoms with Gasteiger partial charge in [-0.05, 0) is 56.3 Å². The highest BCUT2D eigenvalue weighted by atomic mass is 35.5. The maximum Gasteiger partial charge on any atom is 0.264 e. The van der Waals surface area contributed by atoms with E-state index in [0.717, 1.165) is 0 Å². The third kappa shape index (κ3) is 6.07. The summed E-state index contributed by atoms with van der Waals surface area (Å²) in [6, 6.07) is 11.6. The maximum absolute atomic E-state index is 12.6. The molecule has 12 heteroatoms. The largest absolute Gasteiger partial charge is 0.283 e. The van der Waals surface area contributed by atoms with E-state index in [1.165, 1.54) is 24.3 Å². The Hall–Kier alpha value is -2.40. The van der Waals surface area contributed by atoms with Crippen molar-refractivity contribution in [1.82, 2.24) is 9.97 Å². The molecule has 8 nitrogen and oxygen atoms in total. The molecule has 31 heavy (non-hydrogen) atoms. The first-order chi connectivity index (χ1) is 14.4. The molecule has 0 unspecified atom stereocenters. The van der Waals surface area contributed by atoms with E-state index in [0.29, 0.717) is 11.4 Å². The van der Waals surface area contributed by atoms with E-state index in [2.05, 4.69) is 19.4 Å². The highest BCUT2D eigenvalue weighted by Gasteiger charge is 2.19. The van der Waals surface area contributed by atoms with Crippen molar-refractivity contribution >= 4 is 54.9 Å². The van der Waals surface area contributed by atoms with Gasteiger partial charge in [0, 0.05) is 32.7 Å². The average molecular weight is 501 g/mol. The molecule has 2 N–H and O–H groups in total. The molecule has 0 amide bonds. The van der Waals surface area contributed by atoms with Crippen LogP contribution in [0, 0.1) is 13.8 Å². The Morgan fingerprint density at radius 2 is 1.39 bits per heavy atom. The first kappa shape index (κ1) is 23.3. The molecule has 1 heterocycles. The zero-order valence-corrected chi connectivity index (χ0v) is 19.6. The van der Waals surface area contributed by atoms with Crippen molar-refractivity contribution < 1.29 is 16.8 Å². The second kappa shape index (κ2) is 8.99. The molecule has 3 rings (SSSR count). The normalized spacial score (nSPS) is 11.9. The van der Waals surface area contributed by atoms with Crippen LogP contribution in [0.4, 0.5) is 11.6 Å². The van der Waals surface area contributed by atoms with Gasteiger partial charge in [-0.15, -0.1) is 0 Å². The lowest BCUT2D eigenvalue weighted by molar-refractivity contribution is 0.599. The molecule has 0 aliphatic rings. The minimum absolute atomic E-state index is 0.0427. The van der Waals surface area contributed by atoms with Crippen LogP contribution in [-0.4, -0.2) is 26.8 Å². The number of halogens is 2. The quantitative estimate of drug-likeness (QED) is 0.503. The summed E-state index contributed by atoms with van der Waals surface area (Å²) in [5.41, 5.74) is 1.70. The monoisotopic (exact) mass is 500 g/mol. The predicted octanol–water partition coefficient (Wildman–Crippen LogP) is 4.14. The van der Waals surface area contributed by atoms with Crippen LogP contribution in [0.3, 0.4) is 0 Å². The van der Waals surface area contributed by atoms with Crippen molar-refractivity contribution in [1.29, 1.82) is 0 Å². The van der Waals surface area contributed by atoms with Crippen LogP contribution >= 0.6 is 23.2 Å². The van der Waals surface area contributed by atoms with Gasteiger partial charge in [-0.3, -0.25) is 4.72 Å². The Bertz CT molecular complexity index is 1290. The van der Waals surface area contributed by atoms with Gasteiger partial charge < -0.3 is 0 Å². The van der Waals surface area contributed by atoms with Gasteiger partial charge in [-0.1, -0.05) is 29.3 Å². The molecule has 3 aromatic rings. The standard InChI is InChI=1S/C19H18Cl2N4O4S2/c1-12-10-13(2)23-19(22-12)25-31(28,29)15-8-6-14(7-9-15)24-30(26,27)11-16-17(20)4-3-5-18(16)21/h3-10,24H,11H2,1-2H3,(H,22,23,25). The van der Waals surface area contributed by atoms with Gasteiger partial charge in [-0.2, -0.15) is 0 Å². The zero-order valence-electron chi connectivity index (χ0n) is 16.4. The Morgan fingerprint density at radius 3 is 1.94 bits per heavy atom. The van der Waals surface area contributed by atoms with Crippen molar-refractivity contribution in [3.63, 3.8) is 0 Å². The van der Waals surface area contributed by atoms with Crippen LogP contribution in [-0.2, 0) is 25.8 Å². The Morgan fingerprint density at radius 1 is 0.839 bits per heavy atom. The predicted molar refractivity (Wildman–Crippen MR) is 121 cm³/mol. The van der Waals surface area contributed by atoms with Crippen LogP contribution in [0.1, 0.15) is 17.0 Å².